The van der Waals surface area contributed by atoms with Crippen LogP contribution in [0.15, 0.2) is 18.2 Å². The highest BCUT2D eigenvalue weighted by Gasteiger charge is 2.15. The second kappa shape index (κ2) is 8.51. The molecule has 0 aliphatic rings. The summed E-state index contributed by atoms with van der Waals surface area (Å²) in [6, 6.07) is 5.21. The molecule has 0 radical (unpaired) electrons. The van der Waals surface area contributed by atoms with E-state index < -0.39 is 0 Å². The van der Waals surface area contributed by atoms with Crippen LogP contribution < -0.4 is 5.32 Å². The monoisotopic (exact) mass is 287 g/mol. The van der Waals surface area contributed by atoms with Crippen molar-refractivity contribution in [3.05, 3.63) is 34.6 Å². The molecule has 0 saturated heterocycles. The second-order valence-corrected chi connectivity index (χ2v) is 5.23. The van der Waals surface area contributed by atoms with Crippen LogP contribution in [0.1, 0.15) is 32.3 Å². The molecule has 2 atom stereocenters. The lowest BCUT2D eigenvalue weighted by molar-refractivity contribution is 0.100. The summed E-state index contributed by atoms with van der Waals surface area (Å²) < 4.78 is 18.7. The van der Waals surface area contributed by atoms with E-state index in [0.717, 1.165) is 24.9 Å². The molecule has 108 valence electrons. The van der Waals surface area contributed by atoms with Gasteiger partial charge in [0.2, 0.25) is 0 Å². The maximum Gasteiger partial charge on any atom is 0.142 e. The normalized spacial score (nSPS) is 14.4. The first-order chi connectivity index (χ1) is 9.08. The van der Waals surface area contributed by atoms with Crippen molar-refractivity contribution >= 4 is 11.6 Å². The highest BCUT2D eigenvalue weighted by molar-refractivity contribution is 6.31. The maximum atomic E-state index is 13.4. The predicted octanol–water partition coefficient (Wildman–Crippen LogP) is 3.81. The van der Waals surface area contributed by atoms with E-state index in [1.165, 1.54) is 6.07 Å². The molecule has 19 heavy (non-hydrogen) atoms. The van der Waals surface area contributed by atoms with Gasteiger partial charge in [-0.1, -0.05) is 30.7 Å². The van der Waals surface area contributed by atoms with Crippen molar-refractivity contribution in [3.8, 4) is 0 Å². The molecule has 1 aromatic carbocycles. The largest absolute Gasteiger partial charge is 0.382 e. The quantitative estimate of drug-likeness (QED) is 0.785. The first-order valence-electron chi connectivity index (χ1n) is 6.77. The highest BCUT2D eigenvalue weighted by Crippen LogP contribution is 2.22. The Morgan fingerprint density at radius 1 is 1.42 bits per heavy atom. The van der Waals surface area contributed by atoms with Gasteiger partial charge in [-0.3, -0.25) is 0 Å². The van der Waals surface area contributed by atoms with E-state index in [2.05, 4.69) is 12.2 Å². The lowest BCUT2D eigenvalue weighted by atomic mass is 10.0. The number of halogens is 2. The SMILES string of the molecule is CCCNC(Cc1cccc(F)c1Cl)CC(C)OC. The van der Waals surface area contributed by atoms with Crippen LogP contribution in [0.2, 0.25) is 5.02 Å². The number of methoxy groups -OCH3 is 1. The average Bonchev–Trinajstić information content (AvgIpc) is 2.41. The molecule has 1 N–H and O–H groups in total. The standard InChI is InChI=1S/C15H23ClFNO/c1-4-8-18-13(9-11(2)19-3)10-12-6-5-7-14(17)15(12)16/h5-7,11,13,18H,4,8-10H2,1-3H3. The number of ether oxygens (including phenoxy) is 1. The zero-order chi connectivity index (χ0) is 14.3. The Bertz CT molecular complexity index is 386. The van der Waals surface area contributed by atoms with Crippen LogP contribution in [0.4, 0.5) is 4.39 Å². The molecule has 4 heteroatoms. The highest BCUT2D eigenvalue weighted by atomic mass is 35.5. The summed E-state index contributed by atoms with van der Waals surface area (Å²) in [5, 5.41) is 3.70. The number of nitrogens with one attached hydrogen (secondary N) is 1. The summed E-state index contributed by atoms with van der Waals surface area (Å²) >= 11 is 6.01. The third-order valence-corrected chi connectivity index (χ3v) is 3.62. The minimum atomic E-state index is -0.354. The van der Waals surface area contributed by atoms with E-state index in [4.69, 9.17) is 16.3 Å². The van der Waals surface area contributed by atoms with E-state index in [1.54, 1.807) is 13.2 Å². The van der Waals surface area contributed by atoms with Gasteiger partial charge in [-0.25, -0.2) is 4.39 Å². The number of rotatable bonds is 8. The van der Waals surface area contributed by atoms with Gasteiger partial charge >= 0.3 is 0 Å². The molecule has 2 unspecified atom stereocenters. The fraction of sp³-hybridized carbons (Fsp3) is 0.600. The third kappa shape index (κ3) is 5.47. The fourth-order valence-corrected chi connectivity index (χ4v) is 2.26. The summed E-state index contributed by atoms with van der Waals surface area (Å²) in [4.78, 5) is 0. The van der Waals surface area contributed by atoms with Crippen molar-refractivity contribution in [2.24, 2.45) is 0 Å². The van der Waals surface area contributed by atoms with Crippen molar-refractivity contribution in [2.75, 3.05) is 13.7 Å². The predicted molar refractivity (Wildman–Crippen MR) is 78.3 cm³/mol. The zero-order valence-corrected chi connectivity index (χ0v) is 12.6. The van der Waals surface area contributed by atoms with Crippen LogP contribution in [0, 0.1) is 5.82 Å². The van der Waals surface area contributed by atoms with Gasteiger partial charge in [-0.05, 0) is 44.4 Å². The Hall–Kier alpha value is -0.640. The molecule has 0 fully saturated rings. The van der Waals surface area contributed by atoms with Gasteiger partial charge in [0.1, 0.15) is 5.82 Å². The molecule has 0 spiro atoms. The first-order valence-corrected chi connectivity index (χ1v) is 7.15. The Balaban J connectivity index is 2.72. The summed E-state index contributed by atoms with van der Waals surface area (Å²) in [6.45, 7) is 5.10. The Morgan fingerprint density at radius 2 is 2.16 bits per heavy atom. The van der Waals surface area contributed by atoms with Gasteiger partial charge in [0, 0.05) is 13.2 Å². The number of hydrogen-bond donors (Lipinski definition) is 1. The maximum absolute atomic E-state index is 13.4. The van der Waals surface area contributed by atoms with E-state index in [9.17, 15) is 4.39 Å². The lowest BCUT2D eigenvalue weighted by Crippen LogP contribution is -2.35. The molecule has 0 saturated carbocycles. The van der Waals surface area contributed by atoms with Crippen molar-refractivity contribution in [1.82, 2.24) is 5.32 Å². The molecule has 0 aliphatic heterocycles. The van der Waals surface area contributed by atoms with Gasteiger partial charge in [0.15, 0.2) is 0 Å². The van der Waals surface area contributed by atoms with Gasteiger partial charge in [-0.2, -0.15) is 0 Å². The van der Waals surface area contributed by atoms with Crippen molar-refractivity contribution in [1.29, 1.82) is 0 Å². The molecule has 1 rings (SSSR count). The fourth-order valence-electron chi connectivity index (χ4n) is 2.06. The smallest absolute Gasteiger partial charge is 0.142 e. The van der Waals surface area contributed by atoms with Gasteiger partial charge < -0.3 is 10.1 Å². The van der Waals surface area contributed by atoms with Gasteiger partial charge in [-0.15, -0.1) is 0 Å². The molecule has 0 heterocycles. The summed E-state index contributed by atoms with van der Waals surface area (Å²) in [6.07, 6.45) is 2.82. The second-order valence-electron chi connectivity index (χ2n) is 4.85. The Morgan fingerprint density at radius 3 is 2.79 bits per heavy atom. The van der Waals surface area contributed by atoms with E-state index in [1.807, 2.05) is 13.0 Å². The van der Waals surface area contributed by atoms with Crippen LogP contribution in [0.3, 0.4) is 0 Å². The minimum absolute atomic E-state index is 0.168. The Labute approximate surface area is 120 Å². The van der Waals surface area contributed by atoms with Crippen LogP contribution in [0.5, 0.6) is 0 Å². The van der Waals surface area contributed by atoms with Crippen molar-refractivity contribution in [2.45, 2.75) is 45.3 Å². The molecule has 0 bridgehead atoms. The van der Waals surface area contributed by atoms with Gasteiger partial charge in [0.25, 0.3) is 0 Å². The summed E-state index contributed by atoms with van der Waals surface area (Å²) in [5.41, 5.74) is 0.846. The molecular formula is C15H23ClFNO. The number of benzene rings is 1. The molecule has 0 aliphatic carbocycles. The third-order valence-electron chi connectivity index (χ3n) is 3.20. The van der Waals surface area contributed by atoms with Crippen molar-refractivity contribution in [3.63, 3.8) is 0 Å². The minimum Gasteiger partial charge on any atom is -0.382 e. The van der Waals surface area contributed by atoms with E-state index >= 15 is 0 Å². The molecule has 2 nitrogen and oxygen atoms in total. The van der Waals surface area contributed by atoms with Crippen LogP contribution >= 0.6 is 11.6 Å². The molecule has 1 aromatic rings. The summed E-state index contributed by atoms with van der Waals surface area (Å²) in [5.74, 6) is -0.354. The zero-order valence-electron chi connectivity index (χ0n) is 11.9. The molecular weight excluding hydrogens is 265 g/mol. The average molecular weight is 288 g/mol. The topological polar surface area (TPSA) is 21.3 Å². The van der Waals surface area contributed by atoms with E-state index in [-0.39, 0.29) is 23.0 Å². The van der Waals surface area contributed by atoms with Crippen LogP contribution in [0.25, 0.3) is 0 Å². The molecule has 0 amide bonds. The molecule has 0 aromatic heterocycles. The van der Waals surface area contributed by atoms with E-state index in [0.29, 0.717) is 6.42 Å². The lowest BCUT2D eigenvalue weighted by Gasteiger charge is -2.22. The number of hydrogen-bond acceptors (Lipinski definition) is 2. The first kappa shape index (κ1) is 16.4. The van der Waals surface area contributed by atoms with Crippen molar-refractivity contribution < 1.29 is 9.13 Å². The Kier molecular flexibility index (Phi) is 7.36. The van der Waals surface area contributed by atoms with Crippen LogP contribution in [-0.2, 0) is 11.2 Å². The summed E-state index contributed by atoms with van der Waals surface area (Å²) in [7, 11) is 1.71. The van der Waals surface area contributed by atoms with Gasteiger partial charge in [0.05, 0.1) is 11.1 Å². The van der Waals surface area contributed by atoms with Crippen LogP contribution in [-0.4, -0.2) is 25.8 Å².